The zero-order valence-electron chi connectivity index (χ0n) is 15.9. The lowest BCUT2D eigenvalue weighted by Gasteiger charge is -2.09. The first kappa shape index (κ1) is 20.8. The molecule has 1 amide bonds. The van der Waals surface area contributed by atoms with Crippen molar-refractivity contribution in [3.8, 4) is 0 Å². The Morgan fingerprint density at radius 1 is 1.14 bits per heavy atom. The summed E-state index contributed by atoms with van der Waals surface area (Å²) in [5.74, 6) is 0.435. The number of anilines is 2. The number of rotatable bonds is 8. The summed E-state index contributed by atoms with van der Waals surface area (Å²) in [5, 5.41) is 3.60. The lowest BCUT2D eigenvalue weighted by atomic mass is 10.3. The number of carbonyl (C=O) groups excluding carboxylic acids is 1. The number of carbonyl (C=O) groups is 1. The van der Waals surface area contributed by atoms with Crippen LogP contribution in [0.3, 0.4) is 0 Å². The largest absolute Gasteiger partial charge is 0.329 e. The highest BCUT2D eigenvalue weighted by Gasteiger charge is 2.16. The van der Waals surface area contributed by atoms with E-state index < -0.39 is 10.0 Å². The molecule has 0 saturated carbocycles. The van der Waals surface area contributed by atoms with Crippen molar-refractivity contribution < 1.29 is 13.2 Å². The van der Waals surface area contributed by atoms with E-state index in [-0.39, 0.29) is 16.8 Å². The molecule has 0 aliphatic heterocycles. The number of benzene rings is 1. The average molecular weight is 433 g/mol. The van der Waals surface area contributed by atoms with E-state index in [2.05, 4.69) is 25.0 Å². The van der Waals surface area contributed by atoms with Crippen LogP contribution in [0.5, 0.6) is 0 Å². The fourth-order valence-electron chi connectivity index (χ4n) is 2.34. The molecule has 2 heterocycles. The lowest BCUT2D eigenvalue weighted by Crippen LogP contribution is -2.16. The highest BCUT2D eigenvalue weighted by molar-refractivity contribution is 7.99. The van der Waals surface area contributed by atoms with Crippen LogP contribution < -0.4 is 10.0 Å². The Bertz CT molecular complexity index is 1100. The number of amides is 1. The number of nitrogens with zero attached hydrogens (tertiary/aromatic N) is 4. The molecule has 0 bridgehead atoms. The van der Waals surface area contributed by atoms with Crippen LogP contribution in [0.15, 0.2) is 59.0 Å². The Hall–Kier alpha value is -2.92. The number of sulfonamides is 1. The van der Waals surface area contributed by atoms with Gasteiger partial charge < -0.3 is 9.88 Å². The first-order valence-corrected chi connectivity index (χ1v) is 11.1. The minimum atomic E-state index is -3.82. The summed E-state index contributed by atoms with van der Waals surface area (Å²) in [5.41, 5.74) is 1.17. The average Bonchev–Trinajstić information content (AvgIpc) is 3.07. The summed E-state index contributed by atoms with van der Waals surface area (Å²) < 4.78 is 29.1. The zero-order chi connectivity index (χ0) is 20.9. The van der Waals surface area contributed by atoms with Crippen molar-refractivity contribution in [3.05, 3.63) is 54.6 Å². The molecule has 152 valence electrons. The topological polar surface area (TPSA) is 119 Å². The van der Waals surface area contributed by atoms with Crippen molar-refractivity contribution in [3.63, 3.8) is 0 Å². The quantitative estimate of drug-likeness (QED) is 0.525. The maximum Gasteiger partial charge on any atom is 0.264 e. The van der Waals surface area contributed by atoms with Crippen LogP contribution in [0.25, 0.3) is 0 Å². The fraction of sp³-hybridized carbons (Fsp3) is 0.222. The van der Waals surface area contributed by atoms with Crippen LogP contribution in [-0.2, 0) is 21.9 Å². The van der Waals surface area contributed by atoms with E-state index >= 15 is 0 Å². The maximum absolute atomic E-state index is 12.4. The molecular formula is C18H20N6O3S2. The van der Waals surface area contributed by atoms with Gasteiger partial charge in [-0.15, -0.1) is 0 Å². The maximum atomic E-state index is 12.4. The van der Waals surface area contributed by atoms with Gasteiger partial charge in [-0.1, -0.05) is 11.8 Å². The molecule has 0 spiro atoms. The Balaban J connectivity index is 1.55. The van der Waals surface area contributed by atoms with Crippen LogP contribution in [0, 0.1) is 6.92 Å². The second-order valence-corrected chi connectivity index (χ2v) is 8.86. The highest BCUT2D eigenvalue weighted by Crippen LogP contribution is 2.18. The van der Waals surface area contributed by atoms with E-state index in [1.165, 1.54) is 42.2 Å². The number of imidazole rings is 1. The third kappa shape index (κ3) is 5.78. The minimum Gasteiger partial charge on any atom is -0.329 e. The van der Waals surface area contributed by atoms with Gasteiger partial charge in [0, 0.05) is 49.2 Å². The van der Waals surface area contributed by atoms with Crippen LogP contribution in [0.1, 0.15) is 12.1 Å². The number of aryl methyl sites for hydroxylation is 2. The molecule has 3 rings (SSSR count). The molecule has 2 N–H and O–H groups in total. The molecular weight excluding hydrogens is 412 g/mol. The van der Waals surface area contributed by atoms with Gasteiger partial charge in [0.2, 0.25) is 11.9 Å². The smallest absolute Gasteiger partial charge is 0.264 e. The standard InChI is InChI=1S/C18H20N6O3S2/c1-13-7-9-19-17(21-13)23-29(26,27)15-5-3-14(4-6-15)22-16(25)8-12-28-18-20-10-11-24(18)2/h3-7,9-11H,8,12H2,1-2H3,(H,22,25)(H,19,21,23). The summed E-state index contributed by atoms with van der Waals surface area (Å²) in [7, 11) is -1.93. The van der Waals surface area contributed by atoms with Gasteiger partial charge in [0.05, 0.1) is 4.90 Å². The molecule has 0 radical (unpaired) electrons. The van der Waals surface area contributed by atoms with Crippen LogP contribution in [-0.4, -0.2) is 39.6 Å². The van der Waals surface area contributed by atoms with Crippen molar-refractivity contribution in [1.29, 1.82) is 0 Å². The van der Waals surface area contributed by atoms with Gasteiger partial charge in [-0.3, -0.25) is 4.79 Å². The second-order valence-electron chi connectivity index (χ2n) is 6.12. The third-order valence-corrected chi connectivity index (χ3v) is 6.21. The molecule has 0 atom stereocenters. The van der Waals surface area contributed by atoms with Crippen molar-refractivity contribution in [2.45, 2.75) is 23.4 Å². The molecule has 1 aromatic carbocycles. The van der Waals surface area contributed by atoms with Gasteiger partial charge in [0.25, 0.3) is 10.0 Å². The summed E-state index contributed by atoms with van der Waals surface area (Å²) in [4.78, 5) is 24.2. The van der Waals surface area contributed by atoms with Gasteiger partial charge in [-0.05, 0) is 37.3 Å². The zero-order valence-corrected chi connectivity index (χ0v) is 17.5. The van der Waals surface area contributed by atoms with E-state index in [0.717, 1.165) is 5.16 Å². The van der Waals surface area contributed by atoms with Gasteiger partial charge in [0.15, 0.2) is 5.16 Å². The van der Waals surface area contributed by atoms with Gasteiger partial charge in [-0.2, -0.15) is 0 Å². The number of aromatic nitrogens is 4. The normalized spacial score (nSPS) is 11.2. The predicted octanol–water partition coefficient (Wildman–Crippen LogP) is 2.44. The number of nitrogens with one attached hydrogen (secondary N) is 2. The summed E-state index contributed by atoms with van der Waals surface area (Å²) in [6, 6.07) is 7.57. The molecule has 0 fully saturated rings. The molecule has 0 saturated heterocycles. The molecule has 11 heteroatoms. The third-order valence-electron chi connectivity index (χ3n) is 3.81. The SMILES string of the molecule is Cc1ccnc(NS(=O)(=O)c2ccc(NC(=O)CCSc3nccn3C)cc2)n1. The van der Waals surface area contributed by atoms with Crippen molar-refractivity contribution in [2.24, 2.45) is 7.05 Å². The second kappa shape index (κ2) is 9.05. The van der Waals surface area contributed by atoms with Crippen molar-refractivity contribution in [2.75, 3.05) is 15.8 Å². The molecule has 29 heavy (non-hydrogen) atoms. The van der Waals surface area contributed by atoms with E-state index in [1.807, 2.05) is 17.8 Å². The van der Waals surface area contributed by atoms with E-state index in [0.29, 0.717) is 23.6 Å². The Morgan fingerprint density at radius 3 is 2.55 bits per heavy atom. The lowest BCUT2D eigenvalue weighted by molar-refractivity contribution is -0.115. The Labute approximate surface area is 173 Å². The molecule has 0 unspecified atom stereocenters. The first-order chi connectivity index (χ1) is 13.8. The molecule has 2 aromatic heterocycles. The monoisotopic (exact) mass is 432 g/mol. The van der Waals surface area contributed by atoms with Crippen molar-refractivity contribution >= 4 is 39.3 Å². The minimum absolute atomic E-state index is 0.00703. The van der Waals surface area contributed by atoms with E-state index in [9.17, 15) is 13.2 Å². The summed E-state index contributed by atoms with van der Waals surface area (Å²) in [6.07, 6.45) is 5.34. The Morgan fingerprint density at radius 2 is 1.90 bits per heavy atom. The van der Waals surface area contributed by atoms with Crippen molar-refractivity contribution in [1.82, 2.24) is 19.5 Å². The van der Waals surface area contributed by atoms with E-state index in [1.54, 1.807) is 19.2 Å². The molecule has 0 aliphatic carbocycles. The predicted molar refractivity (Wildman–Crippen MR) is 111 cm³/mol. The summed E-state index contributed by atoms with van der Waals surface area (Å²) in [6.45, 7) is 1.74. The number of thioether (sulfide) groups is 1. The summed E-state index contributed by atoms with van der Waals surface area (Å²) >= 11 is 1.49. The number of hydrogen-bond acceptors (Lipinski definition) is 7. The Kier molecular flexibility index (Phi) is 6.49. The van der Waals surface area contributed by atoms with Crippen LogP contribution in [0.2, 0.25) is 0 Å². The molecule has 9 nitrogen and oxygen atoms in total. The van der Waals surface area contributed by atoms with Gasteiger partial charge >= 0.3 is 0 Å². The van der Waals surface area contributed by atoms with Gasteiger partial charge in [-0.25, -0.2) is 28.1 Å². The van der Waals surface area contributed by atoms with Gasteiger partial charge in [0.1, 0.15) is 0 Å². The fourth-order valence-corrected chi connectivity index (χ4v) is 4.16. The van der Waals surface area contributed by atoms with Crippen LogP contribution in [0.4, 0.5) is 11.6 Å². The molecule has 3 aromatic rings. The molecule has 0 aliphatic rings. The van der Waals surface area contributed by atoms with Crippen LogP contribution >= 0.6 is 11.8 Å². The first-order valence-electron chi connectivity index (χ1n) is 8.66. The van der Waals surface area contributed by atoms with E-state index in [4.69, 9.17) is 0 Å². The number of hydrogen-bond donors (Lipinski definition) is 2. The highest BCUT2D eigenvalue weighted by atomic mass is 32.2.